The molecule has 0 aromatic heterocycles. The highest BCUT2D eigenvalue weighted by Crippen LogP contribution is 2.19. The maximum Gasteiger partial charge on any atom is 0.251 e. The monoisotopic (exact) mass is 294 g/mol. The Morgan fingerprint density at radius 1 is 1.10 bits per heavy atom. The van der Waals surface area contributed by atoms with E-state index in [1.165, 1.54) is 18.2 Å². The predicted molar refractivity (Wildman–Crippen MR) is 73.1 cm³/mol. The van der Waals surface area contributed by atoms with Crippen LogP contribution in [0.25, 0.3) is 0 Å². The van der Waals surface area contributed by atoms with E-state index in [1.54, 1.807) is 13.0 Å². The van der Waals surface area contributed by atoms with Crippen LogP contribution in [0.5, 0.6) is 0 Å². The number of benzene rings is 2. The Morgan fingerprint density at radius 3 is 2.24 bits per heavy atom. The van der Waals surface area contributed by atoms with Crippen LogP contribution < -0.4 is 11.1 Å². The fourth-order valence-corrected chi connectivity index (χ4v) is 1.90. The number of carbonyl (C=O) groups is 1. The molecule has 0 spiro atoms. The summed E-state index contributed by atoms with van der Waals surface area (Å²) in [4.78, 5) is 11.9. The van der Waals surface area contributed by atoms with Gasteiger partial charge in [0.25, 0.3) is 5.91 Å². The van der Waals surface area contributed by atoms with Crippen molar-refractivity contribution in [2.24, 2.45) is 0 Å². The number of rotatable bonds is 3. The second-order valence-corrected chi connectivity index (χ2v) is 4.57. The fraction of sp³-hybridized carbons (Fsp3) is 0.133. The van der Waals surface area contributed by atoms with E-state index in [1.807, 2.05) is 0 Å². The van der Waals surface area contributed by atoms with Gasteiger partial charge in [-0.3, -0.25) is 4.79 Å². The van der Waals surface area contributed by atoms with Crippen LogP contribution in [0.1, 0.15) is 28.9 Å². The van der Waals surface area contributed by atoms with E-state index < -0.39 is 35.1 Å². The topological polar surface area (TPSA) is 55.1 Å². The van der Waals surface area contributed by atoms with Crippen LogP contribution in [0.4, 0.5) is 18.9 Å². The molecule has 2 aromatic carbocycles. The lowest BCUT2D eigenvalue weighted by Gasteiger charge is -2.15. The number of halogens is 3. The second-order valence-electron chi connectivity index (χ2n) is 4.57. The van der Waals surface area contributed by atoms with Gasteiger partial charge in [0, 0.05) is 11.1 Å². The first-order chi connectivity index (χ1) is 9.90. The molecule has 1 unspecified atom stereocenters. The summed E-state index contributed by atoms with van der Waals surface area (Å²) in [6.07, 6.45) is 0. The SMILES string of the molecule is CC(NC(=O)c1cc(F)c(N)c(F)c1)c1ccccc1F. The first-order valence-electron chi connectivity index (χ1n) is 6.20. The van der Waals surface area contributed by atoms with Gasteiger partial charge in [-0.15, -0.1) is 0 Å². The third kappa shape index (κ3) is 3.16. The van der Waals surface area contributed by atoms with Crippen LogP contribution in [-0.2, 0) is 0 Å². The minimum atomic E-state index is -1.02. The Bertz CT molecular complexity index is 665. The smallest absolute Gasteiger partial charge is 0.251 e. The summed E-state index contributed by atoms with van der Waals surface area (Å²) in [6, 6.07) is 6.96. The van der Waals surface area contributed by atoms with E-state index in [-0.39, 0.29) is 11.1 Å². The zero-order valence-electron chi connectivity index (χ0n) is 11.2. The van der Waals surface area contributed by atoms with Gasteiger partial charge in [0.2, 0.25) is 0 Å². The number of anilines is 1. The zero-order chi connectivity index (χ0) is 15.6. The van der Waals surface area contributed by atoms with E-state index in [4.69, 9.17) is 5.73 Å². The number of hydrogen-bond acceptors (Lipinski definition) is 2. The van der Waals surface area contributed by atoms with Crippen LogP contribution in [0.3, 0.4) is 0 Å². The standard InChI is InChI=1S/C15H13F3N2O/c1-8(10-4-2-3-5-11(10)16)20-15(21)9-6-12(17)14(19)13(18)7-9/h2-8H,19H2,1H3,(H,20,21). The Balaban J connectivity index is 2.20. The van der Waals surface area contributed by atoms with E-state index in [0.29, 0.717) is 0 Å². The van der Waals surface area contributed by atoms with Crippen molar-refractivity contribution in [1.82, 2.24) is 5.32 Å². The Kier molecular flexibility index (Phi) is 4.16. The molecule has 0 radical (unpaired) electrons. The molecule has 1 atom stereocenters. The molecule has 0 fully saturated rings. The van der Waals surface area contributed by atoms with Crippen molar-refractivity contribution in [3.8, 4) is 0 Å². The van der Waals surface area contributed by atoms with Gasteiger partial charge in [0.1, 0.15) is 23.1 Å². The van der Waals surface area contributed by atoms with Gasteiger partial charge in [0.15, 0.2) is 0 Å². The molecule has 110 valence electrons. The molecule has 0 heterocycles. The Hall–Kier alpha value is -2.50. The quantitative estimate of drug-likeness (QED) is 0.854. The highest BCUT2D eigenvalue weighted by atomic mass is 19.1. The minimum Gasteiger partial charge on any atom is -0.394 e. The molecule has 2 aromatic rings. The fourth-order valence-electron chi connectivity index (χ4n) is 1.90. The maximum absolute atomic E-state index is 13.6. The van der Waals surface area contributed by atoms with Crippen molar-refractivity contribution in [2.75, 3.05) is 5.73 Å². The highest BCUT2D eigenvalue weighted by Gasteiger charge is 2.17. The van der Waals surface area contributed by atoms with Gasteiger partial charge in [-0.05, 0) is 25.1 Å². The molecule has 21 heavy (non-hydrogen) atoms. The molecular formula is C15H13F3N2O. The lowest BCUT2D eigenvalue weighted by atomic mass is 10.1. The van der Waals surface area contributed by atoms with Crippen molar-refractivity contribution in [3.05, 3.63) is 65.0 Å². The summed E-state index contributed by atoms with van der Waals surface area (Å²) in [5, 5.41) is 2.47. The van der Waals surface area contributed by atoms with Gasteiger partial charge < -0.3 is 11.1 Å². The molecule has 0 aliphatic rings. The van der Waals surface area contributed by atoms with E-state index in [0.717, 1.165) is 12.1 Å². The normalized spacial score (nSPS) is 12.0. The predicted octanol–water partition coefficient (Wildman–Crippen LogP) is 3.18. The van der Waals surface area contributed by atoms with Gasteiger partial charge in [0.05, 0.1) is 6.04 Å². The molecule has 0 aliphatic carbocycles. The van der Waals surface area contributed by atoms with Crippen LogP contribution in [0.2, 0.25) is 0 Å². The van der Waals surface area contributed by atoms with Crippen molar-refractivity contribution in [2.45, 2.75) is 13.0 Å². The van der Waals surface area contributed by atoms with Crippen molar-refractivity contribution in [1.29, 1.82) is 0 Å². The third-order valence-corrected chi connectivity index (χ3v) is 3.06. The average Bonchev–Trinajstić information content (AvgIpc) is 2.44. The van der Waals surface area contributed by atoms with Crippen LogP contribution in [-0.4, -0.2) is 5.91 Å². The summed E-state index contributed by atoms with van der Waals surface area (Å²) < 4.78 is 40.2. The molecule has 1 amide bonds. The summed E-state index contributed by atoms with van der Waals surface area (Å²) in [6.45, 7) is 1.57. The number of amides is 1. The molecule has 0 aliphatic heterocycles. The first-order valence-corrected chi connectivity index (χ1v) is 6.20. The summed E-state index contributed by atoms with van der Waals surface area (Å²) in [5.41, 5.74) is 4.55. The molecular weight excluding hydrogens is 281 g/mol. The molecule has 6 heteroatoms. The molecule has 0 saturated heterocycles. The third-order valence-electron chi connectivity index (χ3n) is 3.06. The van der Waals surface area contributed by atoms with Crippen LogP contribution in [0.15, 0.2) is 36.4 Å². The summed E-state index contributed by atoms with van der Waals surface area (Å²) >= 11 is 0. The Morgan fingerprint density at radius 2 is 1.67 bits per heavy atom. The number of nitrogens with two attached hydrogens (primary N) is 1. The molecule has 0 saturated carbocycles. The number of hydrogen-bond donors (Lipinski definition) is 2. The molecule has 2 rings (SSSR count). The number of nitrogens with one attached hydrogen (secondary N) is 1. The van der Waals surface area contributed by atoms with Crippen LogP contribution >= 0.6 is 0 Å². The Labute approximate surface area is 119 Å². The summed E-state index contributed by atoms with van der Waals surface area (Å²) in [5.74, 6) is -3.22. The van der Waals surface area contributed by atoms with Gasteiger partial charge in [-0.2, -0.15) is 0 Å². The zero-order valence-corrected chi connectivity index (χ0v) is 11.2. The number of carbonyl (C=O) groups excluding carboxylic acids is 1. The second kappa shape index (κ2) is 5.87. The lowest BCUT2D eigenvalue weighted by molar-refractivity contribution is 0.0938. The van der Waals surface area contributed by atoms with Crippen molar-refractivity contribution < 1.29 is 18.0 Å². The van der Waals surface area contributed by atoms with Crippen molar-refractivity contribution >= 4 is 11.6 Å². The van der Waals surface area contributed by atoms with Gasteiger partial charge in [-0.25, -0.2) is 13.2 Å². The van der Waals surface area contributed by atoms with Crippen molar-refractivity contribution in [3.63, 3.8) is 0 Å². The highest BCUT2D eigenvalue weighted by molar-refractivity contribution is 5.94. The van der Waals surface area contributed by atoms with E-state index in [2.05, 4.69) is 5.32 Å². The molecule has 3 N–H and O–H groups in total. The van der Waals surface area contributed by atoms with Gasteiger partial charge in [-0.1, -0.05) is 18.2 Å². The lowest BCUT2D eigenvalue weighted by Crippen LogP contribution is -2.27. The maximum atomic E-state index is 13.6. The van der Waals surface area contributed by atoms with E-state index >= 15 is 0 Å². The largest absolute Gasteiger partial charge is 0.394 e. The molecule has 3 nitrogen and oxygen atoms in total. The van der Waals surface area contributed by atoms with E-state index in [9.17, 15) is 18.0 Å². The van der Waals surface area contributed by atoms with Gasteiger partial charge >= 0.3 is 0 Å². The first kappa shape index (κ1) is 14.9. The number of nitrogen functional groups attached to an aromatic ring is 1. The average molecular weight is 294 g/mol. The molecule has 0 bridgehead atoms. The minimum absolute atomic E-state index is 0.220. The van der Waals surface area contributed by atoms with Crippen LogP contribution in [0, 0.1) is 17.5 Å². The summed E-state index contributed by atoms with van der Waals surface area (Å²) in [7, 11) is 0.